The number of fused-ring (bicyclic) bond motifs is 1. The van der Waals surface area contributed by atoms with Gasteiger partial charge in [-0.25, -0.2) is 14.6 Å². The van der Waals surface area contributed by atoms with Gasteiger partial charge in [0.2, 0.25) is 5.95 Å². The first-order valence-corrected chi connectivity index (χ1v) is 7.07. The van der Waals surface area contributed by atoms with E-state index in [4.69, 9.17) is 5.73 Å². The van der Waals surface area contributed by atoms with Gasteiger partial charge in [0.05, 0.1) is 23.4 Å². The zero-order valence-electron chi connectivity index (χ0n) is 11.2. The van der Waals surface area contributed by atoms with Crippen LogP contribution in [0.4, 0.5) is 5.95 Å². The molecule has 0 fully saturated rings. The first kappa shape index (κ1) is 12.2. The van der Waals surface area contributed by atoms with Crippen molar-refractivity contribution in [2.24, 2.45) is 0 Å². The summed E-state index contributed by atoms with van der Waals surface area (Å²) < 4.78 is 3.96. The highest BCUT2D eigenvalue weighted by atomic mass is 32.1. The molecule has 2 N–H and O–H groups in total. The first-order valence-electron chi connectivity index (χ1n) is 6.20. The number of nitrogen functional groups attached to an aromatic ring is 1. The van der Waals surface area contributed by atoms with E-state index >= 15 is 0 Å². The molecule has 0 amide bonds. The summed E-state index contributed by atoms with van der Waals surface area (Å²) in [7, 11) is 0. The van der Waals surface area contributed by atoms with Crippen LogP contribution in [0.15, 0.2) is 5.51 Å². The fourth-order valence-corrected chi connectivity index (χ4v) is 3.00. The van der Waals surface area contributed by atoms with E-state index in [-0.39, 0.29) is 0 Å². The van der Waals surface area contributed by atoms with Crippen molar-refractivity contribution in [3.63, 3.8) is 0 Å². The van der Waals surface area contributed by atoms with Gasteiger partial charge in [-0.15, -0.1) is 11.3 Å². The Morgan fingerprint density at radius 1 is 1.32 bits per heavy atom. The van der Waals surface area contributed by atoms with E-state index < -0.39 is 0 Å². The number of aromatic nitrogens is 5. The molecule has 3 aromatic heterocycles. The van der Waals surface area contributed by atoms with Crippen LogP contribution < -0.4 is 5.73 Å². The quantitative estimate of drug-likeness (QED) is 0.793. The lowest BCUT2D eigenvalue weighted by Crippen LogP contribution is -2.09. The van der Waals surface area contributed by atoms with Crippen LogP contribution in [0.2, 0.25) is 0 Å². The van der Waals surface area contributed by atoms with Gasteiger partial charge in [-0.2, -0.15) is 5.10 Å². The average molecular weight is 276 g/mol. The fraction of sp³-hybridized carbons (Fsp3) is 0.417. The maximum Gasteiger partial charge on any atom is 0.202 e. The summed E-state index contributed by atoms with van der Waals surface area (Å²) in [6, 6.07) is 0. The Morgan fingerprint density at radius 2 is 2.11 bits per heavy atom. The zero-order chi connectivity index (χ0) is 13.6. The monoisotopic (exact) mass is 276 g/mol. The van der Waals surface area contributed by atoms with Gasteiger partial charge in [0.25, 0.3) is 0 Å². The summed E-state index contributed by atoms with van der Waals surface area (Å²) in [5.41, 5.74) is 11.8. The van der Waals surface area contributed by atoms with Crippen molar-refractivity contribution < 1.29 is 0 Å². The lowest BCUT2D eigenvalue weighted by molar-refractivity contribution is 0.648. The van der Waals surface area contributed by atoms with Gasteiger partial charge in [0.15, 0.2) is 5.65 Å². The highest BCUT2D eigenvalue weighted by Gasteiger charge is 2.17. The van der Waals surface area contributed by atoms with Crippen LogP contribution in [0.25, 0.3) is 11.2 Å². The molecule has 0 unspecified atom stereocenters. The normalized spacial score (nSPS) is 11.5. The summed E-state index contributed by atoms with van der Waals surface area (Å²) in [5, 5.41) is 4.49. The van der Waals surface area contributed by atoms with Crippen LogP contribution in [0.3, 0.4) is 0 Å². The summed E-state index contributed by atoms with van der Waals surface area (Å²) in [5.74, 6) is 0.533. The molecule has 0 saturated carbocycles. The molecule has 0 radical (unpaired) electrons. The molecule has 0 aliphatic rings. The Morgan fingerprint density at radius 3 is 2.74 bits per heavy atom. The third kappa shape index (κ3) is 1.81. The van der Waals surface area contributed by atoms with E-state index in [1.807, 2.05) is 28.6 Å². The minimum Gasteiger partial charge on any atom is -0.369 e. The standard InChI is InChI=1S/C12H16N6S/c1-4-18-11-10(8(3)16-18)15-12(13)17(11)5-9-7(2)14-6-19-9/h6H,4-5H2,1-3H3,(H2,13,15). The molecule has 0 aromatic carbocycles. The predicted molar refractivity (Wildman–Crippen MR) is 76.3 cm³/mol. The number of imidazole rings is 1. The van der Waals surface area contributed by atoms with Gasteiger partial charge in [-0.1, -0.05) is 0 Å². The third-order valence-electron chi connectivity index (χ3n) is 3.27. The lowest BCUT2D eigenvalue weighted by atomic mass is 10.4. The van der Waals surface area contributed by atoms with Crippen molar-refractivity contribution in [1.29, 1.82) is 0 Å². The Balaban J connectivity index is 2.17. The van der Waals surface area contributed by atoms with E-state index in [1.54, 1.807) is 11.3 Å². The van der Waals surface area contributed by atoms with Crippen molar-refractivity contribution >= 4 is 28.4 Å². The van der Waals surface area contributed by atoms with Gasteiger partial charge < -0.3 is 5.73 Å². The first-order chi connectivity index (χ1) is 9.11. The van der Waals surface area contributed by atoms with Crippen molar-refractivity contribution in [2.75, 3.05) is 5.73 Å². The molecular weight excluding hydrogens is 260 g/mol. The van der Waals surface area contributed by atoms with Crippen molar-refractivity contribution in [3.05, 3.63) is 21.8 Å². The molecule has 0 aliphatic carbocycles. The number of anilines is 1. The molecule has 3 aromatic rings. The van der Waals surface area contributed by atoms with Gasteiger partial charge in [-0.3, -0.25) is 4.57 Å². The highest BCUT2D eigenvalue weighted by molar-refractivity contribution is 7.09. The number of hydrogen-bond acceptors (Lipinski definition) is 5. The Hall–Kier alpha value is -1.89. The maximum atomic E-state index is 6.05. The Labute approximate surface area is 114 Å². The zero-order valence-corrected chi connectivity index (χ0v) is 12.0. The van der Waals surface area contributed by atoms with E-state index in [9.17, 15) is 0 Å². The molecule has 6 nitrogen and oxygen atoms in total. The second-order valence-corrected chi connectivity index (χ2v) is 5.43. The molecule has 7 heteroatoms. The second-order valence-electron chi connectivity index (χ2n) is 4.49. The van der Waals surface area contributed by atoms with Crippen LogP contribution >= 0.6 is 11.3 Å². The molecule has 0 atom stereocenters. The van der Waals surface area contributed by atoms with Crippen LogP contribution in [-0.4, -0.2) is 24.3 Å². The molecule has 0 aliphatic heterocycles. The van der Waals surface area contributed by atoms with Gasteiger partial charge in [0.1, 0.15) is 5.52 Å². The second kappa shape index (κ2) is 4.34. The van der Waals surface area contributed by atoms with Gasteiger partial charge in [-0.05, 0) is 20.8 Å². The Bertz CT molecular complexity index is 735. The smallest absolute Gasteiger partial charge is 0.202 e. The maximum absolute atomic E-state index is 6.05. The van der Waals surface area contributed by atoms with Crippen molar-refractivity contribution in [2.45, 2.75) is 33.9 Å². The van der Waals surface area contributed by atoms with Gasteiger partial charge in [0, 0.05) is 11.4 Å². The van der Waals surface area contributed by atoms with Crippen LogP contribution in [-0.2, 0) is 13.1 Å². The fourth-order valence-electron chi connectivity index (χ4n) is 2.24. The molecule has 0 spiro atoms. The molecule has 19 heavy (non-hydrogen) atoms. The largest absolute Gasteiger partial charge is 0.369 e. The van der Waals surface area contributed by atoms with Crippen LogP contribution in [0.1, 0.15) is 23.2 Å². The van der Waals surface area contributed by atoms with Crippen LogP contribution in [0.5, 0.6) is 0 Å². The van der Waals surface area contributed by atoms with E-state index in [2.05, 4.69) is 22.0 Å². The van der Waals surface area contributed by atoms with E-state index in [0.29, 0.717) is 12.5 Å². The number of thiazole rings is 1. The van der Waals surface area contributed by atoms with E-state index in [1.165, 1.54) is 4.88 Å². The minimum absolute atomic E-state index is 0.533. The predicted octanol–water partition coefficient (Wildman–Crippen LogP) is 1.96. The number of aryl methyl sites for hydroxylation is 3. The summed E-state index contributed by atoms with van der Waals surface area (Å²) >= 11 is 1.64. The van der Waals surface area contributed by atoms with Crippen LogP contribution in [0, 0.1) is 13.8 Å². The lowest BCUT2D eigenvalue weighted by Gasteiger charge is -2.07. The molecule has 3 rings (SSSR count). The highest BCUT2D eigenvalue weighted by Crippen LogP contribution is 2.24. The number of nitrogens with zero attached hydrogens (tertiary/aromatic N) is 5. The van der Waals surface area contributed by atoms with Crippen molar-refractivity contribution in [1.82, 2.24) is 24.3 Å². The van der Waals surface area contributed by atoms with Gasteiger partial charge >= 0.3 is 0 Å². The minimum atomic E-state index is 0.533. The molecule has 3 heterocycles. The summed E-state index contributed by atoms with van der Waals surface area (Å²) in [6.45, 7) is 7.54. The Kier molecular flexibility index (Phi) is 2.78. The average Bonchev–Trinajstić information content (AvgIpc) is 3.01. The molecule has 0 saturated heterocycles. The third-order valence-corrected chi connectivity index (χ3v) is 4.19. The number of nitrogens with two attached hydrogens (primary N) is 1. The summed E-state index contributed by atoms with van der Waals surface area (Å²) in [6.07, 6.45) is 0. The molecule has 100 valence electrons. The summed E-state index contributed by atoms with van der Waals surface area (Å²) in [4.78, 5) is 9.91. The van der Waals surface area contributed by atoms with E-state index in [0.717, 1.165) is 29.1 Å². The number of hydrogen-bond donors (Lipinski definition) is 1. The SMILES string of the molecule is CCn1nc(C)c2nc(N)n(Cc3scnc3C)c21. The molecular formula is C12H16N6S. The van der Waals surface area contributed by atoms with Crippen molar-refractivity contribution in [3.8, 4) is 0 Å². The topological polar surface area (TPSA) is 74.6 Å². The molecule has 0 bridgehead atoms. The number of rotatable bonds is 3.